The van der Waals surface area contributed by atoms with E-state index in [1.807, 2.05) is 19.1 Å². The van der Waals surface area contributed by atoms with E-state index >= 15 is 0 Å². The molecule has 4 rings (SSSR count). The fourth-order valence-corrected chi connectivity index (χ4v) is 5.00. The highest BCUT2D eigenvalue weighted by atomic mass is 35.5. The van der Waals surface area contributed by atoms with Crippen LogP contribution in [0.1, 0.15) is 46.6 Å². The molecule has 166 valence electrons. The van der Waals surface area contributed by atoms with Gasteiger partial charge in [-0.3, -0.25) is 14.7 Å². The van der Waals surface area contributed by atoms with E-state index in [-0.39, 0.29) is 29.6 Å². The summed E-state index contributed by atoms with van der Waals surface area (Å²) in [6.07, 6.45) is -2.68. The molecule has 0 N–H and O–H groups in total. The number of ether oxygens (including phenoxy) is 1. The first-order valence-corrected chi connectivity index (χ1v) is 10.4. The molecule has 3 atom stereocenters. The van der Waals surface area contributed by atoms with Crippen LogP contribution in [0.5, 0.6) is 5.75 Å². The Bertz CT molecular complexity index is 997. The molecule has 2 saturated heterocycles. The first-order chi connectivity index (χ1) is 14.6. The minimum Gasteiger partial charge on any atom is -0.496 e. The summed E-state index contributed by atoms with van der Waals surface area (Å²) < 4.78 is 43.5. The van der Waals surface area contributed by atoms with Crippen LogP contribution in [0.15, 0.2) is 30.5 Å². The third-order valence-electron chi connectivity index (χ3n) is 6.38. The fourth-order valence-electron chi connectivity index (χ4n) is 4.69. The topological polar surface area (TPSA) is 45.7 Å². The molecule has 9 heteroatoms. The molecule has 0 radical (unpaired) electrons. The summed E-state index contributed by atoms with van der Waals surface area (Å²) in [6, 6.07) is 6.19. The fraction of sp³-hybridized carbons (Fsp3) is 0.455. The van der Waals surface area contributed by atoms with Gasteiger partial charge in [0, 0.05) is 43.0 Å². The zero-order valence-electron chi connectivity index (χ0n) is 17.4. The van der Waals surface area contributed by atoms with Gasteiger partial charge < -0.3 is 9.64 Å². The molecule has 2 aliphatic heterocycles. The molecule has 5 nitrogen and oxygen atoms in total. The van der Waals surface area contributed by atoms with Crippen molar-refractivity contribution < 1.29 is 22.7 Å². The minimum absolute atomic E-state index is 0.0142. The Kier molecular flexibility index (Phi) is 5.64. The Balaban J connectivity index is 1.46. The minimum atomic E-state index is -4.52. The third-order valence-corrected chi connectivity index (χ3v) is 6.88. The van der Waals surface area contributed by atoms with Gasteiger partial charge in [0.05, 0.1) is 17.7 Å². The summed E-state index contributed by atoms with van der Waals surface area (Å²) in [5, 5.41) is 0.679. The predicted octanol–water partition coefficient (Wildman–Crippen LogP) is 4.73. The number of carbonyl (C=O) groups is 1. The highest BCUT2D eigenvalue weighted by molar-refractivity contribution is 6.32. The van der Waals surface area contributed by atoms with E-state index in [2.05, 4.69) is 16.8 Å². The highest BCUT2D eigenvalue weighted by Gasteiger charge is 2.47. The van der Waals surface area contributed by atoms with Gasteiger partial charge in [0.25, 0.3) is 5.91 Å². The first-order valence-electron chi connectivity index (χ1n) is 10.0. The molecule has 0 aliphatic carbocycles. The van der Waals surface area contributed by atoms with Crippen LogP contribution in [0.2, 0.25) is 5.02 Å². The van der Waals surface area contributed by atoms with Gasteiger partial charge in [0.1, 0.15) is 11.4 Å². The molecule has 0 spiro atoms. The number of fused-ring (bicyclic) bond motifs is 2. The lowest BCUT2D eigenvalue weighted by atomic mass is 10.0. The van der Waals surface area contributed by atoms with Crippen LogP contribution in [0.4, 0.5) is 13.2 Å². The zero-order valence-corrected chi connectivity index (χ0v) is 18.2. The zero-order chi connectivity index (χ0) is 22.5. The Morgan fingerprint density at radius 1 is 1.23 bits per heavy atom. The van der Waals surface area contributed by atoms with Crippen molar-refractivity contribution in [2.75, 3.05) is 20.2 Å². The summed E-state index contributed by atoms with van der Waals surface area (Å²) in [4.78, 5) is 20.4. The smallest absolute Gasteiger partial charge is 0.433 e. The number of amides is 1. The number of halogens is 4. The van der Waals surface area contributed by atoms with Crippen LogP contribution >= 0.6 is 11.6 Å². The van der Waals surface area contributed by atoms with E-state index in [9.17, 15) is 18.0 Å². The van der Waals surface area contributed by atoms with E-state index in [1.54, 1.807) is 12.0 Å². The lowest BCUT2D eigenvalue weighted by molar-refractivity contribution is -0.141. The van der Waals surface area contributed by atoms with Crippen molar-refractivity contribution in [3.8, 4) is 5.75 Å². The van der Waals surface area contributed by atoms with Crippen molar-refractivity contribution in [1.82, 2.24) is 14.8 Å². The second-order valence-electron chi connectivity index (χ2n) is 8.10. The maximum atomic E-state index is 12.9. The van der Waals surface area contributed by atoms with Crippen molar-refractivity contribution in [3.05, 3.63) is 57.9 Å². The number of aromatic nitrogens is 1. The standard InChI is InChI=1S/C22H23ClF3N3O2/c1-12-18(31-3)6-5-17(20(12)23)13(2)28-10-16-8-15(28)11-29(16)21(30)14-4-7-19(27-9-14)22(24,25)26/h4-7,9,13,15-16H,8,10-11H2,1-3H3/t13-,15+,16+/m0/s1. The number of carbonyl (C=O) groups excluding carboxylic acids is 1. The summed E-state index contributed by atoms with van der Waals surface area (Å²) >= 11 is 6.60. The number of hydrogen-bond donors (Lipinski definition) is 0. The second kappa shape index (κ2) is 7.98. The molecule has 1 amide bonds. The van der Waals surface area contributed by atoms with Crippen LogP contribution in [0.25, 0.3) is 0 Å². The van der Waals surface area contributed by atoms with E-state index in [1.165, 1.54) is 6.07 Å². The van der Waals surface area contributed by atoms with Crippen LogP contribution in [-0.2, 0) is 6.18 Å². The van der Waals surface area contributed by atoms with Crippen molar-refractivity contribution in [2.24, 2.45) is 0 Å². The van der Waals surface area contributed by atoms with Gasteiger partial charge in [-0.25, -0.2) is 0 Å². The molecule has 0 saturated carbocycles. The molecule has 31 heavy (non-hydrogen) atoms. The van der Waals surface area contributed by atoms with Gasteiger partial charge in [-0.15, -0.1) is 0 Å². The average Bonchev–Trinajstić information content (AvgIpc) is 3.35. The maximum Gasteiger partial charge on any atom is 0.433 e. The van der Waals surface area contributed by atoms with E-state index in [4.69, 9.17) is 16.3 Å². The second-order valence-corrected chi connectivity index (χ2v) is 8.48. The first kappa shape index (κ1) is 21.9. The van der Waals surface area contributed by atoms with Crippen LogP contribution in [0.3, 0.4) is 0 Å². The summed E-state index contributed by atoms with van der Waals surface area (Å²) in [5.74, 6) is 0.463. The molecule has 2 aromatic rings. The number of pyridine rings is 1. The summed E-state index contributed by atoms with van der Waals surface area (Å²) in [6.45, 7) is 5.24. The molecule has 2 bridgehead atoms. The van der Waals surface area contributed by atoms with Gasteiger partial charge in [0.2, 0.25) is 0 Å². The van der Waals surface area contributed by atoms with Crippen LogP contribution in [0, 0.1) is 6.92 Å². The quantitative estimate of drug-likeness (QED) is 0.671. The highest BCUT2D eigenvalue weighted by Crippen LogP contribution is 2.41. The Hall–Kier alpha value is -2.32. The lowest BCUT2D eigenvalue weighted by Crippen LogP contribution is -2.49. The Labute approximate surface area is 183 Å². The van der Waals surface area contributed by atoms with E-state index in [0.29, 0.717) is 18.1 Å². The van der Waals surface area contributed by atoms with E-state index < -0.39 is 11.9 Å². The largest absolute Gasteiger partial charge is 0.496 e. The molecule has 1 aromatic carbocycles. The normalized spacial score (nSPS) is 22.1. The lowest BCUT2D eigenvalue weighted by Gasteiger charge is -2.38. The number of rotatable bonds is 4. The summed E-state index contributed by atoms with van der Waals surface area (Å²) in [5.41, 5.74) is 1.08. The summed E-state index contributed by atoms with van der Waals surface area (Å²) in [7, 11) is 1.61. The van der Waals surface area contributed by atoms with Crippen LogP contribution < -0.4 is 4.74 Å². The number of nitrogens with zero attached hydrogens (tertiary/aromatic N) is 3. The van der Waals surface area contributed by atoms with Crippen LogP contribution in [-0.4, -0.2) is 53.0 Å². The number of likely N-dealkylation sites (tertiary alicyclic amines) is 2. The maximum absolute atomic E-state index is 12.9. The predicted molar refractivity (Wildman–Crippen MR) is 110 cm³/mol. The number of methoxy groups -OCH3 is 1. The number of piperazine rings is 1. The molecule has 2 fully saturated rings. The molecule has 2 aliphatic rings. The van der Waals surface area contributed by atoms with Gasteiger partial charge in [-0.2, -0.15) is 13.2 Å². The molecule has 1 aromatic heterocycles. The third kappa shape index (κ3) is 3.87. The van der Waals surface area contributed by atoms with E-state index in [0.717, 1.165) is 35.6 Å². The van der Waals surface area contributed by atoms with Crippen molar-refractivity contribution in [2.45, 2.75) is 44.6 Å². The Morgan fingerprint density at radius 2 is 1.97 bits per heavy atom. The monoisotopic (exact) mass is 453 g/mol. The number of hydrogen-bond acceptors (Lipinski definition) is 4. The molecule has 0 unspecified atom stereocenters. The number of benzene rings is 1. The van der Waals surface area contributed by atoms with Gasteiger partial charge >= 0.3 is 6.18 Å². The number of alkyl halides is 3. The molecular formula is C22H23ClF3N3O2. The average molecular weight is 454 g/mol. The van der Waals surface area contributed by atoms with Gasteiger partial charge in [0.15, 0.2) is 0 Å². The molecular weight excluding hydrogens is 431 g/mol. The SMILES string of the molecule is COc1ccc([C@H](C)N2C[C@H]3C[C@@H]2CN3C(=O)c2ccc(C(F)(F)F)nc2)c(Cl)c1C. The van der Waals surface area contributed by atoms with Crippen molar-refractivity contribution in [1.29, 1.82) is 0 Å². The Morgan fingerprint density at radius 3 is 2.52 bits per heavy atom. The van der Waals surface area contributed by atoms with Crippen molar-refractivity contribution in [3.63, 3.8) is 0 Å². The van der Waals surface area contributed by atoms with Crippen molar-refractivity contribution >= 4 is 17.5 Å². The van der Waals surface area contributed by atoms with Gasteiger partial charge in [-0.1, -0.05) is 17.7 Å². The molecule has 3 heterocycles. The van der Waals surface area contributed by atoms with Gasteiger partial charge in [-0.05, 0) is 44.0 Å².